The number of hydrogen-bond acceptors (Lipinski definition) is 3. The third-order valence-electron chi connectivity index (χ3n) is 1.52. The molecule has 0 aliphatic heterocycles. The van der Waals surface area contributed by atoms with Gasteiger partial charge in [-0.15, -0.1) is 0 Å². The van der Waals surface area contributed by atoms with Gasteiger partial charge in [-0.25, -0.2) is 0 Å². The Morgan fingerprint density at radius 3 is 2.55 bits per heavy atom. The second-order valence-electron chi connectivity index (χ2n) is 2.94. The monoisotopic (exact) mass is 177 g/mol. The summed E-state index contributed by atoms with van der Waals surface area (Å²) >= 11 is 1.86. The van der Waals surface area contributed by atoms with Crippen LogP contribution in [0.25, 0.3) is 0 Å². The summed E-state index contributed by atoms with van der Waals surface area (Å²) in [7, 11) is 0. The summed E-state index contributed by atoms with van der Waals surface area (Å²) in [5, 5.41) is 12.2. The molecule has 0 heterocycles. The molecule has 0 aromatic carbocycles. The minimum absolute atomic E-state index is 0.230. The molecule has 0 aliphatic carbocycles. The highest BCUT2D eigenvalue weighted by molar-refractivity contribution is 7.98. The predicted octanol–water partition coefficient (Wildman–Crippen LogP) is 1.10. The number of aliphatic hydroxyl groups is 1. The van der Waals surface area contributed by atoms with Gasteiger partial charge >= 0.3 is 0 Å². The number of hydrogen-bond donors (Lipinski definition) is 2. The molecule has 0 amide bonds. The van der Waals surface area contributed by atoms with Crippen molar-refractivity contribution in [3.63, 3.8) is 0 Å². The summed E-state index contributed by atoms with van der Waals surface area (Å²) in [5.41, 5.74) is 0. The fourth-order valence-corrected chi connectivity index (χ4v) is 1.36. The van der Waals surface area contributed by atoms with Gasteiger partial charge in [0.15, 0.2) is 0 Å². The maximum absolute atomic E-state index is 8.96. The molecule has 3 heteroatoms. The average molecular weight is 177 g/mol. The topological polar surface area (TPSA) is 32.3 Å². The molecule has 2 unspecified atom stereocenters. The summed E-state index contributed by atoms with van der Waals surface area (Å²) in [4.78, 5) is 0. The summed E-state index contributed by atoms with van der Waals surface area (Å²) in [5.74, 6) is 1.19. The Bertz CT molecular complexity index is 88.2. The van der Waals surface area contributed by atoms with Crippen LogP contribution >= 0.6 is 11.8 Å². The Labute approximate surface area is 73.8 Å². The first kappa shape index (κ1) is 11.3. The van der Waals surface area contributed by atoms with E-state index in [4.69, 9.17) is 5.11 Å². The lowest BCUT2D eigenvalue weighted by molar-refractivity contribution is 0.187. The normalized spacial score (nSPS) is 16.4. The molecule has 0 aromatic heterocycles. The van der Waals surface area contributed by atoms with Crippen LogP contribution in [0.5, 0.6) is 0 Å². The fraction of sp³-hybridized carbons (Fsp3) is 1.00. The van der Waals surface area contributed by atoms with Gasteiger partial charge in [0.2, 0.25) is 0 Å². The van der Waals surface area contributed by atoms with Crippen molar-refractivity contribution in [1.29, 1.82) is 0 Å². The first-order valence-corrected chi connectivity index (χ1v) is 5.46. The van der Waals surface area contributed by atoms with E-state index in [0.29, 0.717) is 12.6 Å². The molecule has 0 saturated carbocycles. The van der Waals surface area contributed by atoms with Crippen LogP contribution in [0.1, 0.15) is 20.3 Å². The second-order valence-corrected chi connectivity index (χ2v) is 3.93. The average Bonchev–Trinajstić information content (AvgIpc) is 1.97. The summed E-state index contributed by atoms with van der Waals surface area (Å²) in [6.45, 7) is 4.66. The van der Waals surface area contributed by atoms with Crippen molar-refractivity contribution in [2.45, 2.75) is 32.4 Å². The molecule has 2 nitrogen and oxygen atoms in total. The smallest absolute Gasteiger partial charge is 0.0636 e. The largest absolute Gasteiger partial charge is 0.392 e. The van der Waals surface area contributed by atoms with Crippen molar-refractivity contribution < 1.29 is 5.11 Å². The Hall–Kier alpha value is 0.270. The van der Waals surface area contributed by atoms with Crippen molar-refractivity contribution in [2.75, 3.05) is 18.6 Å². The van der Waals surface area contributed by atoms with Crippen LogP contribution in [0.3, 0.4) is 0 Å². The van der Waals surface area contributed by atoms with E-state index in [1.165, 1.54) is 12.2 Å². The van der Waals surface area contributed by atoms with Crippen molar-refractivity contribution in [1.82, 2.24) is 5.32 Å². The van der Waals surface area contributed by atoms with Crippen LogP contribution in [0.2, 0.25) is 0 Å². The first-order chi connectivity index (χ1) is 5.16. The molecule has 2 N–H and O–H groups in total. The zero-order valence-corrected chi connectivity index (χ0v) is 8.45. The molecule has 68 valence electrons. The Balaban J connectivity index is 3.15. The van der Waals surface area contributed by atoms with Gasteiger partial charge in [0.05, 0.1) is 6.10 Å². The minimum Gasteiger partial charge on any atom is -0.392 e. The van der Waals surface area contributed by atoms with E-state index in [-0.39, 0.29) is 6.10 Å². The van der Waals surface area contributed by atoms with Crippen molar-refractivity contribution in [3.05, 3.63) is 0 Å². The van der Waals surface area contributed by atoms with Crippen LogP contribution in [-0.2, 0) is 0 Å². The van der Waals surface area contributed by atoms with Crippen LogP contribution < -0.4 is 5.32 Å². The van der Waals surface area contributed by atoms with E-state index in [2.05, 4.69) is 18.5 Å². The molecule has 0 aromatic rings. The standard InChI is InChI=1S/C8H19NOS/c1-7(4-5-11-3)9-6-8(2)10/h7-10H,4-6H2,1-3H3. The number of thioether (sulfide) groups is 1. The summed E-state index contributed by atoms with van der Waals surface area (Å²) in [6, 6.07) is 0.525. The quantitative estimate of drug-likeness (QED) is 0.637. The van der Waals surface area contributed by atoms with Gasteiger partial charge in [-0.1, -0.05) is 0 Å². The highest BCUT2D eigenvalue weighted by Crippen LogP contribution is 1.99. The minimum atomic E-state index is -0.230. The number of rotatable bonds is 6. The number of aliphatic hydroxyl groups excluding tert-OH is 1. The molecule has 0 rings (SSSR count). The van der Waals surface area contributed by atoms with Crippen LogP contribution in [0, 0.1) is 0 Å². The van der Waals surface area contributed by atoms with Crippen LogP contribution in [-0.4, -0.2) is 35.8 Å². The van der Waals surface area contributed by atoms with Gasteiger partial charge in [0.25, 0.3) is 0 Å². The molecule has 0 spiro atoms. The molecular weight excluding hydrogens is 158 g/mol. The van der Waals surface area contributed by atoms with Gasteiger partial charge < -0.3 is 10.4 Å². The van der Waals surface area contributed by atoms with Gasteiger partial charge in [-0.2, -0.15) is 11.8 Å². The van der Waals surface area contributed by atoms with E-state index >= 15 is 0 Å². The zero-order valence-electron chi connectivity index (χ0n) is 7.63. The second kappa shape index (κ2) is 6.95. The van der Waals surface area contributed by atoms with Gasteiger partial charge in [0.1, 0.15) is 0 Å². The molecule has 0 radical (unpaired) electrons. The van der Waals surface area contributed by atoms with Crippen LogP contribution in [0.4, 0.5) is 0 Å². The van der Waals surface area contributed by atoms with E-state index in [9.17, 15) is 0 Å². The Morgan fingerprint density at radius 1 is 1.45 bits per heavy atom. The summed E-state index contributed by atoms with van der Waals surface area (Å²) < 4.78 is 0. The van der Waals surface area contributed by atoms with Gasteiger partial charge in [0, 0.05) is 12.6 Å². The molecule has 0 aliphatic rings. The molecule has 0 fully saturated rings. The van der Waals surface area contributed by atoms with Crippen molar-refractivity contribution >= 4 is 11.8 Å². The fourth-order valence-electron chi connectivity index (χ4n) is 0.768. The van der Waals surface area contributed by atoms with Gasteiger partial charge in [-0.3, -0.25) is 0 Å². The summed E-state index contributed by atoms with van der Waals surface area (Å²) in [6.07, 6.45) is 3.06. The highest BCUT2D eigenvalue weighted by atomic mass is 32.2. The number of nitrogens with one attached hydrogen (secondary N) is 1. The Kier molecular flexibility index (Phi) is 7.12. The third-order valence-corrected chi connectivity index (χ3v) is 2.16. The lowest BCUT2D eigenvalue weighted by Crippen LogP contribution is -2.32. The highest BCUT2D eigenvalue weighted by Gasteiger charge is 2.01. The Morgan fingerprint density at radius 2 is 2.09 bits per heavy atom. The van der Waals surface area contributed by atoms with E-state index in [0.717, 1.165) is 0 Å². The maximum atomic E-state index is 8.96. The van der Waals surface area contributed by atoms with Crippen molar-refractivity contribution in [2.24, 2.45) is 0 Å². The third kappa shape index (κ3) is 8.17. The molecule has 11 heavy (non-hydrogen) atoms. The van der Waals surface area contributed by atoms with Crippen molar-refractivity contribution in [3.8, 4) is 0 Å². The molecule has 0 saturated heterocycles. The predicted molar refractivity (Wildman–Crippen MR) is 52.1 cm³/mol. The lowest BCUT2D eigenvalue weighted by atomic mass is 10.2. The van der Waals surface area contributed by atoms with E-state index < -0.39 is 0 Å². The molecule has 2 atom stereocenters. The first-order valence-electron chi connectivity index (χ1n) is 4.07. The van der Waals surface area contributed by atoms with Crippen LogP contribution in [0.15, 0.2) is 0 Å². The SMILES string of the molecule is CSCCC(C)NCC(C)O. The molecule has 0 bridgehead atoms. The molecular formula is C8H19NOS. The van der Waals surface area contributed by atoms with E-state index in [1.54, 1.807) is 6.92 Å². The maximum Gasteiger partial charge on any atom is 0.0636 e. The lowest BCUT2D eigenvalue weighted by Gasteiger charge is -2.13. The van der Waals surface area contributed by atoms with E-state index in [1.807, 2.05) is 11.8 Å². The zero-order chi connectivity index (χ0) is 8.69. The van der Waals surface area contributed by atoms with Gasteiger partial charge in [-0.05, 0) is 32.3 Å².